The second-order valence-electron chi connectivity index (χ2n) is 4.31. The quantitative estimate of drug-likeness (QED) is 0.582. The van der Waals surface area contributed by atoms with Crippen LogP contribution in [0.2, 0.25) is 0 Å². The van der Waals surface area contributed by atoms with E-state index in [0.717, 1.165) is 0 Å². The molecular formula is C19H18S. The molecule has 0 nitrogen and oxygen atoms in total. The Balaban J connectivity index is 0.000000704. The van der Waals surface area contributed by atoms with E-state index in [1.165, 1.54) is 22.3 Å². The zero-order valence-electron chi connectivity index (χ0n) is 11.5. The van der Waals surface area contributed by atoms with Crippen LogP contribution in [-0.4, -0.2) is 6.26 Å². The third-order valence-electron chi connectivity index (χ3n) is 3.10. The van der Waals surface area contributed by atoms with Crippen molar-refractivity contribution in [2.75, 3.05) is 6.26 Å². The van der Waals surface area contributed by atoms with Crippen molar-refractivity contribution in [1.82, 2.24) is 0 Å². The van der Waals surface area contributed by atoms with Gasteiger partial charge in [0.15, 0.2) is 0 Å². The molecule has 3 rings (SSSR count). The Bertz CT molecular complexity index is 554. The molecule has 3 aromatic carbocycles. The summed E-state index contributed by atoms with van der Waals surface area (Å²) >= 11 is 3.53. The highest BCUT2D eigenvalue weighted by atomic mass is 32.1. The first kappa shape index (κ1) is 14.4. The minimum atomic E-state index is 1.26. The minimum Gasteiger partial charge on any atom is -0.183 e. The van der Waals surface area contributed by atoms with Gasteiger partial charge in [-0.25, -0.2) is 0 Å². The van der Waals surface area contributed by atoms with Crippen molar-refractivity contribution in [3.63, 3.8) is 0 Å². The van der Waals surface area contributed by atoms with Crippen LogP contribution in [0.3, 0.4) is 0 Å². The van der Waals surface area contributed by atoms with Crippen LogP contribution < -0.4 is 0 Å². The minimum absolute atomic E-state index is 1.26. The summed E-state index contributed by atoms with van der Waals surface area (Å²) < 4.78 is 0. The zero-order valence-corrected chi connectivity index (χ0v) is 12.4. The number of benzene rings is 3. The Labute approximate surface area is 126 Å². The Hall–Kier alpha value is -1.99. The van der Waals surface area contributed by atoms with Crippen molar-refractivity contribution in [3.05, 3.63) is 84.9 Å². The van der Waals surface area contributed by atoms with Crippen molar-refractivity contribution < 1.29 is 0 Å². The molecule has 0 amide bonds. The van der Waals surface area contributed by atoms with E-state index >= 15 is 0 Å². The van der Waals surface area contributed by atoms with Crippen LogP contribution in [0.25, 0.3) is 22.3 Å². The molecule has 0 aromatic heterocycles. The highest BCUT2D eigenvalue weighted by molar-refractivity contribution is 7.79. The van der Waals surface area contributed by atoms with Crippen molar-refractivity contribution in [2.24, 2.45) is 0 Å². The predicted octanol–water partition coefficient (Wildman–Crippen LogP) is 5.57. The summed E-state index contributed by atoms with van der Waals surface area (Å²) in [5, 5.41) is 0. The summed E-state index contributed by atoms with van der Waals surface area (Å²) in [7, 11) is 0. The van der Waals surface area contributed by atoms with Crippen LogP contribution in [-0.2, 0) is 0 Å². The molecule has 0 fully saturated rings. The van der Waals surface area contributed by atoms with E-state index in [1.54, 1.807) is 6.26 Å². The molecule has 0 aliphatic rings. The van der Waals surface area contributed by atoms with Gasteiger partial charge in [0.05, 0.1) is 0 Å². The average molecular weight is 278 g/mol. The van der Waals surface area contributed by atoms with Gasteiger partial charge in [0, 0.05) is 0 Å². The van der Waals surface area contributed by atoms with Gasteiger partial charge in [-0.2, -0.15) is 12.6 Å². The summed E-state index contributed by atoms with van der Waals surface area (Å²) in [6.07, 6.45) is 1.69. The lowest BCUT2D eigenvalue weighted by atomic mass is 10.0. The van der Waals surface area contributed by atoms with Crippen LogP contribution in [0, 0.1) is 0 Å². The molecule has 0 spiro atoms. The van der Waals surface area contributed by atoms with Gasteiger partial charge in [-0.05, 0) is 28.5 Å². The van der Waals surface area contributed by atoms with Gasteiger partial charge in [-0.1, -0.05) is 84.9 Å². The monoisotopic (exact) mass is 278 g/mol. The molecule has 100 valence electrons. The van der Waals surface area contributed by atoms with Gasteiger partial charge < -0.3 is 0 Å². The fourth-order valence-electron chi connectivity index (χ4n) is 2.12. The number of hydrogen-bond donors (Lipinski definition) is 1. The highest BCUT2D eigenvalue weighted by Gasteiger charge is 1.98. The van der Waals surface area contributed by atoms with Crippen LogP contribution >= 0.6 is 12.6 Å². The number of thiol groups is 1. The maximum Gasteiger partial charge on any atom is -0.0184 e. The molecule has 0 atom stereocenters. The summed E-state index contributed by atoms with van der Waals surface area (Å²) in [6.45, 7) is 0. The van der Waals surface area contributed by atoms with E-state index in [0.29, 0.717) is 0 Å². The Morgan fingerprint density at radius 1 is 0.400 bits per heavy atom. The molecule has 3 aromatic rings. The lowest BCUT2D eigenvalue weighted by Gasteiger charge is -2.04. The normalized spacial score (nSPS) is 9.50. The predicted molar refractivity (Wildman–Crippen MR) is 92.2 cm³/mol. The zero-order chi connectivity index (χ0) is 14.2. The Kier molecular flexibility index (Phi) is 5.45. The SMILES string of the molecule is CS.c1ccc(-c2ccc(-c3ccccc3)cc2)cc1. The smallest absolute Gasteiger partial charge is 0.0184 e. The number of rotatable bonds is 2. The fourth-order valence-corrected chi connectivity index (χ4v) is 2.12. The second-order valence-corrected chi connectivity index (χ2v) is 4.31. The average Bonchev–Trinajstić information content (AvgIpc) is 2.58. The molecule has 0 unspecified atom stereocenters. The van der Waals surface area contributed by atoms with Crippen molar-refractivity contribution >= 4 is 12.6 Å². The molecule has 0 aliphatic carbocycles. The van der Waals surface area contributed by atoms with Crippen LogP contribution in [0.4, 0.5) is 0 Å². The van der Waals surface area contributed by atoms with E-state index in [-0.39, 0.29) is 0 Å². The fraction of sp³-hybridized carbons (Fsp3) is 0.0526. The first-order chi connectivity index (χ1) is 9.93. The Morgan fingerprint density at radius 3 is 0.950 bits per heavy atom. The van der Waals surface area contributed by atoms with E-state index in [9.17, 15) is 0 Å². The van der Waals surface area contributed by atoms with Crippen LogP contribution in [0.15, 0.2) is 84.9 Å². The molecule has 0 saturated carbocycles. The van der Waals surface area contributed by atoms with E-state index in [4.69, 9.17) is 0 Å². The van der Waals surface area contributed by atoms with Crippen LogP contribution in [0.1, 0.15) is 0 Å². The third-order valence-corrected chi connectivity index (χ3v) is 3.10. The summed E-state index contributed by atoms with van der Waals surface area (Å²) in [5.41, 5.74) is 5.04. The maximum atomic E-state index is 3.53. The summed E-state index contributed by atoms with van der Waals surface area (Å²) in [6, 6.07) is 29.6. The molecule has 0 saturated heterocycles. The molecule has 20 heavy (non-hydrogen) atoms. The van der Waals surface area contributed by atoms with Gasteiger partial charge in [0.1, 0.15) is 0 Å². The molecule has 0 radical (unpaired) electrons. The van der Waals surface area contributed by atoms with Crippen molar-refractivity contribution in [2.45, 2.75) is 0 Å². The first-order valence-corrected chi connectivity index (χ1v) is 7.48. The first-order valence-electron chi connectivity index (χ1n) is 6.59. The molecule has 1 heteroatoms. The van der Waals surface area contributed by atoms with Crippen molar-refractivity contribution in [3.8, 4) is 22.3 Å². The maximum absolute atomic E-state index is 3.53. The van der Waals surface area contributed by atoms with Crippen LogP contribution in [0.5, 0.6) is 0 Å². The molecule has 0 heterocycles. The van der Waals surface area contributed by atoms with Gasteiger partial charge in [-0.3, -0.25) is 0 Å². The number of hydrogen-bond acceptors (Lipinski definition) is 1. The van der Waals surface area contributed by atoms with Gasteiger partial charge in [-0.15, -0.1) is 0 Å². The van der Waals surface area contributed by atoms with Gasteiger partial charge >= 0.3 is 0 Å². The van der Waals surface area contributed by atoms with Gasteiger partial charge in [0.25, 0.3) is 0 Å². The van der Waals surface area contributed by atoms with E-state index < -0.39 is 0 Å². The molecule has 0 bridgehead atoms. The third kappa shape index (κ3) is 3.52. The van der Waals surface area contributed by atoms with Crippen molar-refractivity contribution in [1.29, 1.82) is 0 Å². The van der Waals surface area contributed by atoms with E-state index in [1.807, 2.05) is 12.1 Å². The molecule has 0 aliphatic heterocycles. The lowest BCUT2D eigenvalue weighted by Crippen LogP contribution is -1.79. The van der Waals surface area contributed by atoms with Gasteiger partial charge in [0.2, 0.25) is 0 Å². The standard InChI is InChI=1S/C18H14.CH4S/c1-3-7-15(8-4-1)17-11-13-18(14-12-17)16-9-5-2-6-10-16;1-2/h1-14H;2H,1H3. The summed E-state index contributed by atoms with van der Waals surface area (Å²) in [4.78, 5) is 0. The Morgan fingerprint density at radius 2 is 0.650 bits per heavy atom. The highest BCUT2D eigenvalue weighted by Crippen LogP contribution is 2.24. The second kappa shape index (κ2) is 7.56. The molecule has 0 N–H and O–H groups in total. The summed E-state index contributed by atoms with van der Waals surface area (Å²) in [5.74, 6) is 0. The topological polar surface area (TPSA) is 0 Å². The molecular weight excluding hydrogens is 260 g/mol. The van der Waals surface area contributed by atoms with E-state index in [2.05, 4.69) is 85.4 Å². The lowest BCUT2D eigenvalue weighted by molar-refractivity contribution is 1.59. The largest absolute Gasteiger partial charge is 0.183 e.